The van der Waals surface area contributed by atoms with E-state index in [1.165, 1.54) is 11.1 Å². The fourth-order valence-corrected chi connectivity index (χ4v) is 4.20. The molecule has 1 saturated heterocycles. The molecule has 4 nitrogen and oxygen atoms in total. The summed E-state index contributed by atoms with van der Waals surface area (Å²) in [6.07, 6.45) is 2.62. The van der Waals surface area contributed by atoms with E-state index in [0.29, 0.717) is 6.10 Å². The second-order valence-corrected chi connectivity index (χ2v) is 7.71. The lowest BCUT2D eigenvalue weighted by Crippen LogP contribution is -2.09. The van der Waals surface area contributed by atoms with E-state index in [0.717, 1.165) is 47.4 Å². The number of rotatable bonds is 5. The van der Waals surface area contributed by atoms with Crippen LogP contribution in [-0.4, -0.2) is 33.2 Å². The Bertz CT molecular complexity index is 886. The molecule has 1 aliphatic heterocycles. The van der Waals surface area contributed by atoms with Crippen molar-refractivity contribution >= 4 is 11.8 Å². The molecule has 0 unspecified atom stereocenters. The lowest BCUT2D eigenvalue weighted by molar-refractivity contribution is 0.129. The highest BCUT2D eigenvalue weighted by molar-refractivity contribution is 7.99. The number of hydrogen-bond donors (Lipinski definition) is 0. The van der Waals surface area contributed by atoms with Gasteiger partial charge in [-0.2, -0.15) is 0 Å². The average Bonchev–Trinajstić information content (AvgIpc) is 3.32. The minimum atomic E-state index is 0.324. The third kappa shape index (κ3) is 3.55. The van der Waals surface area contributed by atoms with Gasteiger partial charge in [0.25, 0.3) is 0 Å². The fraction of sp³-hybridized carbons (Fsp3) is 0.333. The van der Waals surface area contributed by atoms with Crippen LogP contribution in [0.25, 0.3) is 17.1 Å². The minimum absolute atomic E-state index is 0.324. The molecule has 0 spiro atoms. The van der Waals surface area contributed by atoms with E-state index < -0.39 is 0 Å². The van der Waals surface area contributed by atoms with Crippen LogP contribution < -0.4 is 0 Å². The van der Waals surface area contributed by atoms with E-state index in [2.05, 4.69) is 58.9 Å². The summed E-state index contributed by atoms with van der Waals surface area (Å²) in [6, 6.07) is 16.8. The number of aryl methyl sites for hydroxylation is 2. The molecule has 0 bridgehead atoms. The molecule has 0 N–H and O–H groups in total. The summed E-state index contributed by atoms with van der Waals surface area (Å²) < 4.78 is 7.94. The van der Waals surface area contributed by atoms with Crippen LogP contribution >= 0.6 is 11.8 Å². The maximum atomic E-state index is 5.77. The predicted molar refractivity (Wildman–Crippen MR) is 106 cm³/mol. The summed E-state index contributed by atoms with van der Waals surface area (Å²) in [5, 5.41) is 9.93. The summed E-state index contributed by atoms with van der Waals surface area (Å²) in [6.45, 7) is 5.16. The maximum absolute atomic E-state index is 5.77. The molecule has 1 atom stereocenters. The molecule has 1 aliphatic rings. The van der Waals surface area contributed by atoms with Gasteiger partial charge in [-0.15, -0.1) is 10.2 Å². The predicted octanol–water partition coefficient (Wildman–Crippen LogP) is 4.82. The van der Waals surface area contributed by atoms with Gasteiger partial charge in [0.05, 0.1) is 11.8 Å². The summed E-state index contributed by atoms with van der Waals surface area (Å²) in [4.78, 5) is 0. The Labute approximate surface area is 158 Å². The Morgan fingerprint density at radius 1 is 1.08 bits per heavy atom. The second kappa shape index (κ2) is 7.64. The number of benzene rings is 2. The lowest BCUT2D eigenvalue weighted by atomic mass is 10.1. The van der Waals surface area contributed by atoms with Crippen LogP contribution in [0.15, 0.2) is 53.7 Å². The third-order valence-corrected chi connectivity index (χ3v) is 5.90. The van der Waals surface area contributed by atoms with E-state index in [1.54, 1.807) is 11.8 Å². The van der Waals surface area contributed by atoms with Gasteiger partial charge in [0, 0.05) is 17.9 Å². The standard InChI is InChI=1S/C21H23N3OS/c1-15-10-11-18(13-16(15)2)24-20(17-7-4-3-5-8-17)22-23-21(24)26-14-19-9-6-12-25-19/h3-5,7-8,10-11,13,19H,6,9,12,14H2,1-2H3/t19-/m1/s1. The quantitative estimate of drug-likeness (QED) is 0.608. The largest absolute Gasteiger partial charge is 0.377 e. The molecule has 26 heavy (non-hydrogen) atoms. The molecule has 1 fully saturated rings. The van der Waals surface area contributed by atoms with Crippen LogP contribution in [-0.2, 0) is 4.74 Å². The highest BCUT2D eigenvalue weighted by Gasteiger charge is 2.20. The molecule has 0 amide bonds. The molecule has 2 heterocycles. The van der Waals surface area contributed by atoms with Gasteiger partial charge in [-0.25, -0.2) is 0 Å². The first-order valence-electron chi connectivity index (χ1n) is 9.05. The van der Waals surface area contributed by atoms with Crippen LogP contribution in [0.3, 0.4) is 0 Å². The molecule has 4 rings (SSSR count). The molecule has 1 aromatic heterocycles. The van der Waals surface area contributed by atoms with Crippen LogP contribution in [0, 0.1) is 13.8 Å². The highest BCUT2D eigenvalue weighted by Crippen LogP contribution is 2.30. The normalized spacial score (nSPS) is 16.9. The van der Waals surface area contributed by atoms with E-state index in [1.807, 2.05) is 18.2 Å². The Morgan fingerprint density at radius 2 is 1.92 bits per heavy atom. The molecule has 0 radical (unpaired) electrons. The number of aromatic nitrogens is 3. The summed E-state index contributed by atoms with van der Waals surface area (Å²) in [5.41, 5.74) is 4.73. The van der Waals surface area contributed by atoms with E-state index in [4.69, 9.17) is 4.74 Å². The zero-order valence-corrected chi connectivity index (χ0v) is 16.0. The van der Waals surface area contributed by atoms with Crippen molar-refractivity contribution in [3.63, 3.8) is 0 Å². The van der Waals surface area contributed by atoms with Gasteiger partial charge in [-0.1, -0.05) is 48.2 Å². The number of nitrogens with zero attached hydrogens (tertiary/aromatic N) is 3. The minimum Gasteiger partial charge on any atom is -0.377 e. The molecule has 0 aliphatic carbocycles. The number of hydrogen-bond acceptors (Lipinski definition) is 4. The van der Waals surface area contributed by atoms with Crippen molar-refractivity contribution in [3.8, 4) is 17.1 Å². The fourth-order valence-electron chi connectivity index (χ4n) is 3.18. The van der Waals surface area contributed by atoms with Crippen molar-refractivity contribution in [2.75, 3.05) is 12.4 Å². The van der Waals surface area contributed by atoms with Crippen molar-refractivity contribution in [3.05, 3.63) is 59.7 Å². The van der Waals surface area contributed by atoms with Crippen LogP contribution in [0.4, 0.5) is 0 Å². The Hall–Kier alpha value is -2.11. The summed E-state index contributed by atoms with van der Waals surface area (Å²) in [5.74, 6) is 1.79. The van der Waals surface area contributed by atoms with Gasteiger partial charge in [-0.3, -0.25) is 4.57 Å². The van der Waals surface area contributed by atoms with Crippen molar-refractivity contribution in [2.24, 2.45) is 0 Å². The van der Waals surface area contributed by atoms with Gasteiger partial charge in [0.15, 0.2) is 11.0 Å². The molecule has 134 valence electrons. The second-order valence-electron chi connectivity index (χ2n) is 6.72. The first-order valence-corrected chi connectivity index (χ1v) is 10.0. The van der Waals surface area contributed by atoms with Crippen molar-refractivity contribution in [1.29, 1.82) is 0 Å². The zero-order valence-electron chi connectivity index (χ0n) is 15.2. The highest BCUT2D eigenvalue weighted by atomic mass is 32.2. The van der Waals surface area contributed by atoms with Crippen LogP contribution in [0.5, 0.6) is 0 Å². The molecule has 5 heteroatoms. The average molecular weight is 366 g/mol. The molecule has 0 saturated carbocycles. The smallest absolute Gasteiger partial charge is 0.196 e. The molecule has 2 aromatic carbocycles. The zero-order chi connectivity index (χ0) is 17.9. The molecule has 3 aromatic rings. The van der Waals surface area contributed by atoms with Crippen LogP contribution in [0.1, 0.15) is 24.0 Å². The summed E-state index contributed by atoms with van der Waals surface area (Å²) in [7, 11) is 0. The van der Waals surface area contributed by atoms with E-state index >= 15 is 0 Å². The SMILES string of the molecule is Cc1ccc(-n2c(SC[C@H]3CCCO3)nnc2-c2ccccc2)cc1C. The van der Waals surface area contributed by atoms with Crippen molar-refractivity contribution < 1.29 is 4.74 Å². The number of thioether (sulfide) groups is 1. The van der Waals surface area contributed by atoms with Gasteiger partial charge < -0.3 is 4.74 Å². The van der Waals surface area contributed by atoms with Crippen molar-refractivity contribution in [2.45, 2.75) is 37.9 Å². The monoisotopic (exact) mass is 365 g/mol. The Morgan fingerprint density at radius 3 is 2.65 bits per heavy atom. The third-order valence-electron chi connectivity index (χ3n) is 4.84. The van der Waals surface area contributed by atoms with Gasteiger partial charge in [0.2, 0.25) is 0 Å². The van der Waals surface area contributed by atoms with Gasteiger partial charge in [0.1, 0.15) is 0 Å². The van der Waals surface area contributed by atoms with E-state index in [-0.39, 0.29) is 0 Å². The van der Waals surface area contributed by atoms with Crippen molar-refractivity contribution in [1.82, 2.24) is 14.8 Å². The first-order chi connectivity index (χ1) is 12.7. The molecular formula is C21H23N3OS. The summed E-state index contributed by atoms with van der Waals surface area (Å²) >= 11 is 1.73. The van der Waals surface area contributed by atoms with Gasteiger partial charge >= 0.3 is 0 Å². The maximum Gasteiger partial charge on any atom is 0.196 e. The Kier molecular flexibility index (Phi) is 5.09. The lowest BCUT2D eigenvalue weighted by Gasteiger charge is -2.13. The van der Waals surface area contributed by atoms with Gasteiger partial charge in [-0.05, 0) is 49.9 Å². The topological polar surface area (TPSA) is 39.9 Å². The molecular weight excluding hydrogens is 342 g/mol. The Balaban J connectivity index is 1.73. The number of ether oxygens (including phenoxy) is 1. The van der Waals surface area contributed by atoms with E-state index in [9.17, 15) is 0 Å². The van der Waals surface area contributed by atoms with Crippen LogP contribution in [0.2, 0.25) is 0 Å². The first kappa shape index (κ1) is 17.3.